The maximum Gasteiger partial charge on any atom is 0.242 e. The Kier molecular flexibility index (Phi) is 10.3. The molecule has 0 bridgehead atoms. The van der Waals surface area contributed by atoms with Crippen LogP contribution in [0.5, 0.6) is 11.5 Å². The van der Waals surface area contributed by atoms with Crippen LogP contribution in [0.3, 0.4) is 0 Å². The number of amides is 2. The highest BCUT2D eigenvalue weighted by atomic mass is 35.5. The molecular formula is C25H33ClN2O4. The van der Waals surface area contributed by atoms with Gasteiger partial charge in [-0.05, 0) is 62.1 Å². The Morgan fingerprint density at radius 2 is 1.59 bits per heavy atom. The Labute approximate surface area is 195 Å². The first-order chi connectivity index (χ1) is 15.4. The van der Waals surface area contributed by atoms with Crippen LogP contribution in [0.15, 0.2) is 42.5 Å². The molecule has 0 heterocycles. The maximum absolute atomic E-state index is 13.3. The highest BCUT2D eigenvalue weighted by Gasteiger charge is 2.27. The number of aryl methyl sites for hydroxylation is 1. The predicted molar refractivity (Wildman–Crippen MR) is 127 cm³/mol. The normalized spacial score (nSPS) is 11.5. The fraction of sp³-hybridized carbons (Fsp3) is 0.440. The third-order valence-corrected chi connectivity index (χ3v) is 5.39. The molecule has 0 aliphatic carbocycles. The van der Waals surface area contributed by atoms with Crippen molar-refractivity contribution in [3.8, 4) is 11.5 Å². The first kappa shape index (κ1) is 25.5. The number of carbonyl (C=O) groups excluding carboxylic acids is 2. The van der Waals surface area contributed by atoms with E-state index in [9.17, 15) is 9.59 Å². The number of hydrogen-bond acceptors (Lipinski definition) is 4. The Hall–Kier alpha value is -2.73. The van der Waals surface area contributed by atoms with Gasteiger partial charge in [-0.1, -0.05) is 36.7 Å². The summed E-state index contributed by atoms with van der Waals surface area (Å²) in [5.74, 6) is 1.12. The predicted octanol–water partition coefficient (Wildman–Crippen LogP) is 4.62. The Morgan fingerprint density at radius 1 is 0.969 bits per heavy atom. The largest absolute Gasteiger partial charge is 0.490 e. The van der Waals surface area contributed by atoms with Gasteiger partial charge in [0.05, 0.1) is 13.2 Å². The SMILES string of the molecule is CCOc1ccc(CCC(=O)N(Cc2ccc(Cl)cc2)[C@@H](CC)C(=O)NC)cc1OCC. The van der Waals surface area contributed by atoms with E-state index in [1.54, 1.807) is 24.1 Å². The summed E-state index contributed by atoms with van der Waals surface area (Å²) in [4.78, 5) is 27.4. The Morgan fingerprint density at radius 3 is 2.19 bits per heavy atom. The molecule has 6 nitrogen and oxygen atoms in total. The van der Waals surface area contributed by atoms with Gasteiger partial charge in [0.25, 0.3) is 0 Å². The van der Waals surface area contributed by atoms with Crippen LogP contribution in [-0.2, 0) is 22.6 Å². The van der Waals surface area contributed by atoms with Crippen molar-refractivity contribution in [1.82, 2.24) is 10.2 Å². The highest BCUT2D eigenvalue weighted by molar-refractivity contribution is 6.30. The number of nitrogens with zero attached hydrogens (tertiary/aromatic N) is 1. The summed E-state index contributed by atoms with van der Waals surface area (Å²) < 4.78 is 11.3. The molecule has 1 atom stereocenters. The summed E-state index contributed by atoms with van der Waals surface area (Å²) in [5.41, 5.74) is 1.90. The van der Waals surface area contributed by atoms with Gasteiger partial charge in [0.15, 0.2) is 11.5 Å². The zero-order valence-corrected chi connectivity index (χ0v) is 20.1. The molecule has 0 aliphatic rings. The minimum atomic E-state index is -0.539. The van der Waals surface area contributed by atoms with E-state index >= 15 is 0 Å². The van der Waals surface area contributed by atoms with Crippen LogP contribution in [0.25, 0.3) is 0 Å². The summed E-state index contributed by atoms with van der Waals surface area (Å²) in [5, 5.41) is 3.31. The first-order valence-electron chi connectivity index (χ1n) is 11.1. The zero-order valence-electron chi connectivity index (χ0n) is 19.3. The van der Waals surface area contributed by atoms with Crippen LogP contribution in [0.4, 0.5) is 0 Å². The molecule has 174 valence electrons. The molecule has 0 spiro atoms. The molecule has 0 aliphatic heterocycles. The van der Waals surface area contributed by atoms with Crippen molar-refractivity contribution in [2.24, 2.45) is 0 Å². The van der Waals surface area contributed by atoms with E-state index in [0.29, 0.717) is 49.1 Å². The maximum atomic E-state index is 13.3. The average Bonchev–Trinajstić information content (AvgIpc) is 2.80. The number of rotatable bonds is 12. The summed E-state index contributed by atoms with van der Waals surface area (Å²) in [6.45, 7) is 7.17. The van der Waals surface area contributed by atoms with Crippen molar-refractivity contribution in [3.05, 3.63) is 58.6 Å². The van der Waals surface area contributed by atoms with Crippen LogP contribution in [0, 0.1) is 0 Å². The van der Waals surface area contributed by atoms with Gasteiger partial charge in [-0.25, -0.2) is 0 Å². The van der Waals surface area contributed by atoms with E-state index in [-0.39, 0.29) is 18.2 Å². The van der Waals surface area contributed by atoms with Gasteiger partial charge >= 0.3 is 0 Å². The van der Waals surface area contributed by atoms with Gasteiger partial charge in [0, 0.05) is 25.0 Å². The summed E-state index contributed by atoms with van der Waals surface area (Å²) in [7, 11) is 1.59. The molecule has 2 aromatic carbocycles. The molecule has 7 heteroatoms. The second kappa shape index (κ2) is 13.0. The van der Waals surface area contributed by atoms with E-state index in [4.69, 9.17) is 21.1 Å². The second-order valence-electron chi connectivity index (χ2n) is 7.33. The van der Waals surface area contributed by atoms with Gasteiger partial charge in [0.2, 0.25) is 11.8 Å². The Balaban J connectivity index is 2.19. The van der Waals surface area contributed by atoms with E-state index in [0.717, 1.165) is 11.1 Å². The van der Waals surface area contributed by atoms with Crippen LogP contribution in [0.1, 0.15) is 44.7 Å². The standard InChI is InChI=1S/C25H33ClN2O4/c1-5-21(25(30)27-4)28(17-19-8-12-20(26)13-9-19)24(29)15-11-18-10-14-22(31-6-2)23(16-18)32-7-3/h8-10,12-14,16,21H,5-7,11,15,17H2,1-4H3,(H,27,30)/t21-/m0/s1. The molecule has 0 aromatic heterocycles. The highest BCUT2D eigenvalue weighted by Crippen LogP contribution is 2.29. The van der Waals surface area contributed by atoms with Crippen molar-refractivity contribution < 1.29 is 19.1 Å². The van der Waals surface area contributed by atoms with Crippen molar-refractivity contribution in [3.63, 3.8) is 0 Å². The molecular weight excluding hydrogens is 428 g/mol. The topological polar surface area (TPSA) is 67.9 Å². The first-order valence-corrected chi connectivity index (χ1v) is 11.4. The minimum absolute atomic E-state index is 0.0813. The zero-order chi connectivity index (χ0) is 23.5. The molecule has 1 N–H and O–H groups in total. The van der Waals surface area contributed by atoms with Crippen LogP contribution < -0.4 is 14.8 Å². The summed E-state index contributed by atoms with van der Waals surface area (Å²) >= 11 is 5.99. The molecule has 0 radical (unpaired) electrons. The van der Waals surface area contributed by atoms with Crippen molar-refractivity contribution in [2.75, 3.05) is 20.3 Å². The molecule has 2 aromatic rings. The fourth-order valence-corrected chi connectivity index (χ4v) is 3.64. The van der Waals surface area contributed by atoms with Crippen LogP contribution in [0.2, 0.25) is 5.02 Å². The lowest BCUT2D eigenvalue weighted by molar-refractivity contribution is -0.141. The molecule has 2 amide bonds. The van der Waals surface area contributed by atoms with Crippen molar-refractivity contribution >= 4 is 23.4 Å². The molecule has 0 fully saturated rings. The number of halogens is 1. The summed E-state index contributed by atoms with van der Waals surface area (Å²) in [6.07, 6.45) is 1.34. The molecule has 0 unspecified atom stereocenters. The number of hydrogen-bond donors (Lipinski definition) is 1. The number of likely N-dealkylation sites (N-methyl/N-ethyl adjacent to an activating group) is 1. The average molecular weight is 461 g/mol. The Bertz CT molecular complexity index is 886. The molecule has 32 heavy (non-hydrogen) atoms. The smallest absolute Gasteiger partial charge is 0.242 e. The third-order valence-electron chi connectivity index (χ3n) is 5.13. The lowest BCUT2D eigenvalue weighted by Crippen LogP contribution is -2.48. The number of nitrogens with one attached hydrogen (secondary N) is 1. The lowest BCUT2D eigenvalue weighted by Gasteiger charge is -2.30. The molecule has 0 saturated heterocycles. The van der Waals surface area contributed by atoms with E-state index in [1.807, 2.05) is 51.1 Å². The van der Waals surface area contributed by atoms with Crippen molar-refractivity contribution in [2.45, 2.75) is 52.6 Å². The number of benzene rings is 2. The second-order valence-corrected chi connectivity index (χ2v) is 7.77. The van der Waals surface area contributed by atoms with E-state index in [1.165, 1.54) is 0 Å². The number of carbonyl (C=O) groups is 2. The van der Waals surface area contributed by atoms with Gasteiger partial charge in [-0.15, -0.1) is 0 Å². The third kappa shape index (κ3) is 7.16. The lowest BCUT2D eigenvalue weighted by atomic mass is 10.1. The van der Waals surface area contributed by atoms with Crippen molar-refractivity contribution in [1.29, 1.82) is 0 Å². The van der Waals surface area contributed by atoms with Gasteiger partial charge in [0.1, 0.15) is 6.04 Å². The van der Waals surface area contributed by atoms with Gasteiger partial charge in [-0.2, -0.15) is 0 Å². The van der Waals surface area contributed by atoms with E-state index in [2.05, 4.69) is 5.32 Å². The minimum Gasteiger partial charge on any atom is -0.490 e. The molecule has 2 rings (SSSR count). The van der Waals surface area contributed by atoms with E-state index < -0.39 is 6.04 Å². The quantitative estimate of drug-likeness (QED) is 0.501. The van der Waals surface area contributed by atoms with Crippen LogP contribution >= 0.6 is 11.6 Å². The fourth-order valence-electron chi connectivity index (χ4n) is 3.52. The summed E-state index contributed by atoms with van der Waals surface area (Å²) in [6, 6.07) is 12.5. The van der Waals surface area contributed by atoms with Gasteiger partial charge in [-0.3, -0.25) is 9.59 Å². The number of ether oxygens (including phenoxy) is 2. The van der Waals surface area contributed by atoms with Crippen LogP contribution in [-0.4, -0.2) is 43.0 Å². The molecule has 0 saturated carbocycles. The monoisotopic (exact) mass is 460 g/mol. The van der Waals surface area contributed by atoms with Gasteiger partial charge < -0.3 is 19.7 Å².